The number of pyridine rings is 1. The van der Waals surface area contributed by atoms with E-state index >= 15 is 0 Å². The van der Waals surface area contributed by atoms with E-state index in [0.29, 0.717) is 48.5 Å². The van der Waals surface area contributed by atoms with Gasteiger partial charge in [-0.1, -0.05) is 12.1 Å². The van der Waals surface area contributed by atoms with Crippen LogP contribution >= 0.6 is 0 Å². The molecule has 4 aromatic rings. The minimum Gasteiger partial charge on any atom is -0.415 e. The molecule has 0 atom stereocenters. The van der Waals surface area contributed by atoms with Crippen LogP contribution < -0.4 is 11.2 Å². The molecule has 0 N–H and O–H groups in total. The molecule has 0 bridgehead atoms. The van der Waals surface area contributed by atoms with Crippen molar-refractivity contribution < 1.29 is 17.9 Å². The summed E-state index contributed by atoms with van der Waals surface area (Å²) in [5.74, 6) is -0.864. The second-order valence-electron chi connectivity index (χ2n) is 8.08. The van der Waals surface area contributed by atoms with Crippen molar-refractivity contribution in [1.82, 2.24) is 29.2 Å². The highest BCUT2D eigenvalue weighted by atomic mass is 19.3. The fraction of sp³-hybridized carbons (Fsp3) is 0.348. The predicted octanol–water partition coefficient (Wildman–Crippen LogP) is 1.93. The van der Waals surface area contributed by atoms with Gasteiger partial charge in [0.15, 0.2) is 0 Å². The minimum absolute atomic E-state index is 0.0492. The maximum absolute atomic E-state index is 13.4. The molecule has 10 nitrogen and oxygen atoms in total. The number of rotatable bonds is 7. The maximum atomic E-state index is 13.4. The number of ether oxygens (including phenoxy) is 1. The molecule has 0 radical (unpaired) electrons. The lowest BCUT2D eigenvalue weighted by Gasteiger charge is -2.27. The van der Waals surface area contributed by atoms with Crippen LogP contribution in [-0.2, 0) is 17.8 Å². The van der Waals surface area contributed by atoms with Gasteiger partial charge < -0.3 is 9.15 Å². The molecule has 0 aliphatic carbocycles. The van der Waals surface area contributed by atoms with Gasteiger partial charge in [0.1, 0.15) is 0 Å². The number of aromatic nitrogens is 5. The predicted molar refractivity (Wildman–Crippen MR) is 121 cm³/mol. The molecule has 35 heavy (non-hydrogen) atoms. The number of fused-ring (bicyclic) bond motifs is 1. The fourth-order valence-corrected chi connectivity index (χ4v) is 4.04. The van der Waals surface area contributed by atoms with Crippen LogP contribution in [-0.4, -0.2) is 62.1 Å². The number of hydrogen-bond donors (Lipinski definition) is 0. The summed E-state index contributed by atoms with van der Waals surface area (Å²) in [5, 5.41) is 7.34. The fourth-order valence-electron chi connectivity index (χ4n) is 4.04. The molecule has 4 heterocycles. The molecule has 0 spiro atoms. The summed E-state index contributed by atoms with van der Waals surface area (Å²) in [6.07, 6.45) is -1.49. The number of nitrogens with zero attached hydrogens (tertiary/aromatic N) is 6. The van der Waals surface area contributed by atoms with Gasteiger partial charge in [-0.25, -0.2) is 4.79 Å². The smallest absolute Gasteiger partial charge is 0.331 e. The summed E-state index contributed by atoms with van der Waals surface area (Å²) in [5.41, 5.74) is 0.545. The Hall–Kier alpha value is -3.77. The normalized spacial score (nSPS) is 14.7. The first-order valence-corrected chi connectivity index (χ1v) is 11.1. The summed E-state index contributed by atoms with van der Waals surface area (Å²) in [6, 6.07) is 10.2. The second kappa shape index (κ2) is 9.84. The van der Waals surface area contributed by atoms with E-state index in [4.69, 9.17) is 9.15 Å². The van der Waals surface area contributed by atoms with Crippen molar-refractivity contribution in [1.29, 1.82) is 0 Å². The monoisotopic (exact) mass is 484 g/mol. The van der Waals surface area contributed by atoms with E-state index < -0.39 is 23.6 Å². The third-order valence-corrected chi connectivity index (χ3v) is 5.89. The molecular formula is C23H22F2N6O4. The largest absolute Gasteiger partial charge is 0.415 e. The van der Waals surface area contributed by atoms with Gasteiger partial charge in [0.25, 0.3) is 11.4 Å². The van der Waals surface area contributed by atoms with Gasteiger partial charge in [0, 0.05) is 32.4 Å². The third-order valence-electron chi connectivity index (χ3n) is 5.89. The lowest BCUT2D eigenvalue weighted by Crippen LogP contribution is -2.43. The van der Waals surface area contributed by atoms with Crippen molar-refractivity contribution in [3.05, 3.63) is 75.0 Å². The molecule has 3 aromatic heterocycles. The molecule has 0 saturated carbocycles. The van der Waals surface area contributed by atoms with Crippen LogP contribution in [0.2, 0.25) is 0 Å². The maximum Gasteiger partial charge on any atom is 0.331 e. The molecule has 1 aromatic carbocycles. The summed E-state index contributed by atoms with van der Waals surface area (Å²) in [7, 11) is 0. The van der Waals surface area contributed by atoms with E-state index in [1.54, 1.807) is 41.0 Å². The van der Waals surface area contributed by atoms with Gasteiger partial charge in [-0.2, -0.15) is 8.78 Å². The molecule has 1 fully saturated rings. The molecular weight excluding hydrogens is 462 g/mol. The van der Waals surface area contributed by atoms with E-state index in [0.717, 1.165) is 17.7 Å². The van der Waals surface area contributed by atoms with Crippen molar-refractivity contribution in [2.75, 3.05) is 32.8 Å². The number of halogens is 2. The van der Waals surface area contributed by atoms with Gasteiger partial charge in [0.05, 0.1) is 41.9 Å². The van der Waals surface area contributed by atoms with Crippen molar-refractivity contribution in [2.24, 2.45) is 0 Å². The summed E-state index contributed by atoms with van der Waals surface area (Å²) < 4.78 is 38.5. The summed E-state index contributed by atoms with van der Waals surface area (Å²) >= 11 is 0. The van der Waals surface area contributed by atoms with Crippen LogP contribution in [0.4, 0.5) is 8.78 Å². The highest BCUT2D eigenvalue weighted by Gasteiger charge is 2.18. The Morgan fingerprint density at radius 3 is 2.49 bits per heavy atom. The highest BCUT2D eigenvalue weighted by molar-refractivity contribution is 5.77. The van der Waals surface area contributed by atoms with Gasteiger partial charge in [-0.05, 0) is 24.3 Å². The van der Waals surface area contributed by atoms with Crippen molar-refractivity contribution >= 4 is 10.9 Å². The molecule has 5 rings (SSSR count). The molecule has 1 saturated heterocycles. The van der Waals surface area contributed by atoms with Crippen LogP contribution in [0.5, 0.6) is 0 Å². The first kappa shape index (κ1) is 23.0. The van der Waals surface area contributed by atoms with Gasteiger partial charge in [-0.3, -0.25) is 23.8 Å². The van der Waals surface area contributed by atoms with E-state index in [1.165, 1.54) is 6.20 Å². The van der Waals surface area contributed by atoms with Crippen molar-refractivity contribution in [3.63, 3.8) is 0 Å². The number of morpholine rings is 1. The van der Waals surface area contributed by atoms with Crippen LogP contribution in [0.15, 0.2) is 56.6 Å². The van der Waals surface area contributed by atoms with E-state index in [2.05, 4.69) is 20.1 Å². The lowest BCUT2D eigenvalue weighted by atomic mass is 10.2. The minimum atomic E-state index is -2.87. The van der Waals surface area contributed by atoms with Gasteiger partial charge >= 0.3 is 12.1 Å². The van der Waals surface area contributed by atoms with E-state index in [-0.39, 0.29) is 12.4 Å². The molecule has 12 heteroatoms. The standard InChI is InChI=1S/C23H22F2N6O4/c24-19(25)21-28-27-20(35-21)15-5-6-16(26-13-15)14-31-22(32)17-3-1-2-4-18(17)30(23(31)33)8-7-29-9-11-34-12-10-29/h1-6,13,19H,7-12,14H2. The Balaban J connectivity index is 1.44. The quantitative estimate of drug-likeness (QED) is 0.392. The number of hydrogen-bond acceptors (Lipinski definition) is 8. The molecule has 1 aliphatic rings. The first-order valence-electron chi connectivity index (χ1n) is 11.1. The summed E-state index contributed by atoms with van der Waals surface area (Å²) in [6.45, 7) is 3.93. The Morgan fingerprint density at radius 1 is 0.971 bits per heavy atom. The van der Waals surface area contributed by atoms with Crippen LogP contribution in [0.1, 0.15) is 18.0 Å². The van der Waals surface area contributed by atoms with Crippen molar-refractivity contribution in [3.8, 4) is 11.5 Å². The van der Waals surface area contributed by atoms with Crippen molar-refractivity contribution in [2.45, 2.75) is 19.5 Å². The number of benzene rings is 1. The average molecular weight is 484 g/mol. The van der Waals surface area contributed by atoms with Gasteiger partial charge in [-0.15, -0.1) is 10.2 Å². The number of para-hydroxylation sites is 1. The topological polar surface area (TPSA) is 108 Å². The third kappa shape index (κ3) is 4.75. The average Bonchev–Trinajstić information content (AvgIpc) is 3.38. The van der Waals surface area contributed by atoms with Gasteiger partial charge in [0.2, 0.25) is 5.89 Å². The Morgan fingerprint density at radius 2 is 1.77 bits per heavy atom. The first-order chi connectivity index (χ1) is 17.0. The molecule has 0 amide bonds. The molecule has 1 aliphatic heterocycles. The zero-order chi connectivity index (χ0) is 24.4. The van der Waals surface area contributed by atoms with Crippen LogP contribution in [0.3, 0.4) is 0 Å². The van der Waals surface area contributed by atoms with Crippen LogP contribution in [0.25, 0.3) is 22.4 Å². The number of alkyl halides is 2. The Kier molecular flexibility index (Phi) is 6.47. The van der Waals surface area contributed by atoms with Crippen LogP contribution in [0, 0.1) is 0 Å². The van der Waals surface area contributed by atoms with E-state index in [1.807, 2.05) is 0 Å². The Bertz CT molecular complexity index is 1440. The zero-order valence-corrected chi connectivity index (χ0v) is 18.6. The Labute approximate surface area is 197 Å². The zero-order valence-electron chi connectivity index (χ0n) is 18.6. The molecule has 182 valence electrons. The lowest BCUT2D eigenvalue weighted by molar-refractivity contribution is 0.0363. The molecule has 0 unspecified atom stereocenters. The highest BCUT2D eigenvalue weighted by Crippen LogP contribution is 2.22. The SMILES string of the molecule is O=c1c2ccccc2n(CCN2CCOCC2)c(=O)n1Cc1ccc(-c2nnc(C(F)F)o2)cn1. The summed E-state index contributed by atoms with van der Waals surface area (Å²) in [4.78, 5) is 33.0. The van der Waals surface area contributed by atoms with E-state index in [9.17, 15) is 18.4 Å². The second-order valence-corrected chi connectivity index (χ2v) is 8.08.